The van der Waals surface area contributed by atoms with Crippen molar-refractivity contribution in [2.45, 2.75) is 6.42 Å². The van der Waals surface area contributed by atoms with Crippen molar-refractivity contribution in [1.29, 1.82) is 0 Å². The molecular formula is C6H11INO2S+. The molecule has 5 heteroatoms. The van der Waals surface area contributed by atoms with Gasteiger partial charge in [-0.05, 0) is 32.6 Å². The van der Waals surface area contributed by atoms with Crippen LogP contribution in [0.15, 0.2) is 9.66 Å². The third-order valence-electron chi connectivity index (χ3n) is 1.60. The normalized spacial score (nSPS) is 25.8. The summed E-state index contributed by atoms with van der Waals surface area (Å²) >= 11 is 2.25. The van der Waals surface area contributed by atoms with E-state index in [0.29, 0.717) is 13.1 Å². The van der Waals surface area contributed by atoms with E-state index in [9.17, 15) is 4.21 Å². The molecule has 1 aliphatic heterocycles. The van der Waals surface area contributed by atoms with Crippen LogP contribution in [0, 0.1) is 0 Å². The number of hydrogen-bond acceptors (Lipinski definition) is 1. The van der Waals surface area contributed by atoms with Gasteiger partial charge in [-0.15, -0.1) is 0 Å². The van der Waals surface area contributed by atoms with Crippen molar-refractivity contribution in [2.75, 3.05) is 19.3 Å². The molecule has 1 N–H and O–H groups in total. The van der Waals surface area contributed by atoms with E-state index in [1.54, 1.807) is 4.31 Å². The van der Waals surface area contributed by atoms with Gasteiger partial charge < -0.3 is 0 Å². The zero-order chi connectivity index (χ0) is 8.48. The summed E-state index contributed by atoms with van der Waals surface area (Å²) in [4.78, 5) is 0. The van der Waals surface area contributed by atoms with Crippen LogP contribution in [0.3, 0.4) is 0 Å². The van der Waals surface area contributed by atoms with Crippen LogP contribution in [0.25, 0.3) is 0 Å². The average Bonchev–Trinajstić information content (AvgIpc) is 1.86. The van der Waals surface area contributed by atoms with E-state index in [0.717, 1.165) is 6.42 Å². The second-order valence-corrected chi connectivity index (χ2v) is 5.98. The zero-order valence-corrected chi connectivity index (χ0v) is 9.26. The second kappa shape index (κ2) is 3.40. The predicted molar refractivity (Wildman–Crippen MR) is 54.3 cm³/mol. The summed E-state index contributed by atoms with van der Waals surface area (Å²) in [5.74, 6) is 0. The molecule has 11 heavy (non-hydrogen) atoms. The van der Waals surface area contributed by atoms with E-state index in [1.165, 1.54) is 9.84 Å². The molecule has 3 nitrogen and oxygen atoms in total. The molecule has 0 aromatic rings. The van der Waals surface area contributed by atoms with Gasteiger partial charge in [0.15, 0.2) is 0 Å². The maximum Gasteiger partial charge on any atom is 0.342 e. The number of rotatable bonds is 1. The lowest BCUT2D eigenvalue weighted by atomic mass is 10.3. The molecule has 64 valence electrons. The first-order valence-corrected chi connectivity index (χ1v) is 6.27. The topological polar surface area (TPSA) is 41.7 Å². The van der Waals surface area contributed by atoms with E-state index in [1.807, 2.05) is 6.08 Å². The molecule has 1 atom stereocenters. The Labute approximate surface area is 80.7 Å². The lowest BCUT2D eigenvalue weighted by Gasteiger charge is -2.18. The maximum absolute atomic E-state index is 11.1. The minimum absolute atomic E-state index is 0.601. The van der Waals surface area contributed by atoms with Gasteiger partial charge in [-0.1, -0.05) is 6.08 Å². The Balaban J connectivity index is 2.69. The summed E-state index contributed by atoms with van der Waals surface area (Å²) in [6.45, 7) is 1.30. The van der Waals surface area contributed by atoms with E-state index < -0.39 is 10.0 Å². The number of hydrogen-bond donors (Lipinski definition) is 0. The van der Waals surface area contributed by atoms with Gasteiger partial charge in [-0.3, -0.25) is 0 Å². The highest BCUT2D eigenvalue weighted by atomic mass is 127. The van der Waals surface area contributed by atoms with Crippen LogP contribution in [0.1, 0.15) is 6.42 Å². The van der Waals surface area contributed by atoms with Gasteiger partial charge >= 0.3 is 10.0 Å². The minimum Gasteiger partial charge on any atom is -0.215 e. The molecule has 0 bridgehead atoms. The highest BCUT2D eigenvalue weighted by Gasteiger charge is 2.22. The molecule has 1 rings (SSSR count). The monoisotopic (exact) mass is 288 g/mol. The van der Waals surface area contributed by atoms with Gasteiger partial charge in [-0.2, -0.15) is 8.51 Å². The van der Waals surface area contributed by atoms with Crippen molar-refractivity contribution >= 4 is 32.6 Å². The van der Waals surface area contributed by atoms with Crippen LogP contribution in [0.5, 0.6) is 0 Å². The van der Waals surface area contributed by atoms with Gasteiger partial charge in [0.2, 0.25) is 0 Å². The van der Waals surface area contributed by atoms with Gasteiger partial charge in [0.1, 0.15) is 6.26 Å². The Morgan fingerprint density at radius 3 is 2.82 bits per heavy atom. The Kier molecular flexibility index (Phi) is 2.93. The first-order chi connectivity index (χ1) is 5.00. The fraction of sp³-hybridized carbons (Fsp3) is 0.667. The molecular weight excluding hydrogens is 277 g/mol. The van der Waals surface area contributed by atoms with Crippen molar-refractivity contribution in [3.8, 4) is 0 Å². The summed E-state index contributed by atoms with van der Waals surface area (Å²) in [5, 5.41) is 0. The first-order valence-electron chi connectivity index (χ1n) is 3.31. The largest absolute Gasteiger partial charge is 0.342 e. The molecule has 0 radical (unpaired) electrons. The van der Waals surface area contributed by atoms with Crippen LogP contribution in [-0.2, 0) is 10.0 Å². The van der Waals surface area contributed by atoms with E-state index in [-0.39, 0.29) is 0 Å². The Morgan fingerprint density at radius 1 is 1.82 bits per heavy atom. The molecule has 0 aromatic carbocycles. The summed E-state index contributed by atoms with van der Waals surface area (Å²) in [5.41, 5.74) is 0. The molecule has 0 amide bonds. The Hall–Kier alpha value is 0.380. The maximum atomic E-state index is 11.1. The Morgan fingerprint density at radius 2 is 2.45 bits per heavy atom. The SMILES string of the molecule is CS(=O)(=[OH+])N1CC=C(I)CC1. The molecule has 0 saturated carbocycles. The molecule has 0 spiro atoms. The van der Waals surface area contributed by atoms with Crippen molar-refractivity contribution in [2.24, 2.45) is 0 Å². The van der Waals surface area contributed by atoms with Crippen molar-refractivity contribution in [3.63, 3.8) is 0 Å². The summed E-state index contributed by atoms with van der Waals surface area (Å²) < 4.78 is 23.1. The number of nitrogens with zero attached hydrogens (tertiary/aromatic N) is 1. The van der Waals surface area contributed by atoms with E-state index in [4.69, 9.17) is 4.21 Å². The summed E-state index contributed by atoms with van der Waals surface area (Å²) in [7, 11) is -2.71. The molecule has 1 unspecified atom stereocenters. The van der Waals surface area contributed by atoms with Crippen LogP contribution in [0.2, 0.25) is 0 Å². The molecule has 0 aliphatic carbocycles. The molecule has 1 heterocycles. The molecule has 1 aliphatic rings. The third kappa shape index (κ3) is 2.72. The van der Waals surface area contributed by atoms with E-state index >= 15 is 0 Å². The van der Waals surface area contributed by atoms with Crippen molar-refractivity contribution in [1.82, 2.24) is 4.31 Å². The molecule has 0 fully saturated rings. The van der Waals surface area contributed by atoms with Gasteiger partial charge in [-0.25, -0.2) is 4.21 Å². The highest BCUT2D eigenvalue weighted by Crippen LogP contribution is 2.17. The van der Waals surface area contributed by atoms with Gasteiger partial charge in [0, 0.05) is 13.1 Å². The molecule has 0 saturated heterocycles. The summed E-state index contributed by atoms with van der Waals surface area (Å²) in [6.07, 6.45) is 4.24. The van der Waals surface area contributed by atoms with Crippen molar-refractivity contribution < 1.29 is 8.42 Å². The van der Waals surface area contributed by atoms with E-state index in [2.05, 4.69) is 22.6 Å². The van der Waals surface area contributed by atoms with Crippen LogP contribution < -0.4 is 0 Å². The standard InChI is InChI=1S/C6H10INO2S/c1-11(9,10)8-4-2-6(7)3-5-8/h2H,3-5H2,1H3/p+1. The number of halogens is 1. The third-order valence-corrected chi connectivity index (χ3v) is 3.87. The molecule has 0 aromatic heterocycles. The van der Waals surface area contributed by atoms with Crippen LogP contribution in [-0.4, -0.2) is 32.1 Å². The lowest BCUT2D eigenvalue weighted by molar-refractivity contribution is 0.447. The Bertz CT molecular complexity index is 270. The van der Waals surface area contributed by atoms with Crippen LogP contribution >= 0.6 is 22.6 Å². The quantitative estimate of drug-likeness (QED) is 0.527. The second-order valence-electron chi connectivity index (χ2n) is 2.55. The highest BCUT2D eigenvalue weighted by molar-refractivity contribution is 14.1. The summed E-state index contributed by atoms with van der Waals surface area (Å²) in [6, 6.07) is 0. The predicted octanol–water partition coefficient (Wildman–Crippen LogP) is 1.13. The fourth-order valence-electron chi connectivity index (χ4n) is 0.933. The fourth-order valence-corrected chi connectivity index (χ4v) is 2.15. The van der Waals surface area contributed by atoms with Crippen LogP contribution in [0.4, 0.5) is 0 Å². The van der Waals surface area contributed by atoms with Gasteiger partial charge in [0.25, 0.3) is 0 Å². The van der Waals surface area contributed by atoms with Crippen molar-refractivity contribution in [3.05, 3.63) is 9.66 Å². The smallest absolute Gasteiger partial charge is 0.215 e. The zero-order valence-electron chi connectivity index (χ0n) is 6.29. The lowest BCUT2D eigenvalue weighted by Crippen LogP contribution is -2.33. The minimum atomic E-state index is -2.71. The average molecular weight is 288 g/mol. The van der Waals surface area contributed by atoms with Gasteiger partial charge in [0.05, 0.1) is 0 Å². The first kappa shape index (κ1) is 9.47.